The molecule has 0 heterocycles. The second-order valence-corrected chi connectivity index (χ2v) is 6.92. The Bertz CT molecular complexity index is 582. The molecular formula is C21H34N4O2. The summed E-state index contributed by atoms with van der Waals surface area (Å²) in [7, 11) is 0. The normalized spacial score (nSPS) is 13.9. The first-order valence-corrected chi connectivity index (χ1v) is 10.2. The molecular weight excluding hydrogens is 340 g/mol. The van der Waals surface area contributed by atoms with Crippen molar-refractivity contribution >= 4 is 11.9 Å². The smallest absolute Gasteiger partial charge is 0.258 e. The number of hydrogen-bond donors (Lipinski definition) is 3. The Morgan fingerprint density at radius 2 is 1.93 bits per heavy atom. The van der Waals surface area contributed by atoms with Gasteiger partial charge in [-0.15, -0.1) is 0 Å². The zero-order chi connectivity index (χ0) is 19.3. The largest absolute Gasteiger partial charge is 0.484 e. The molecule has 0 atom stereocenters. The van der Waals surface area contributed by atoms with Crippen LogP contribution >= 0.6 is 0 Å². The van der Waals surface area contributed by atoms with Gasteiger partial charge in [-0.3, -0.25) is 9.79 Å². The Morgan fingerprint density at radius 1 is 1.15 bits per heavy atom. The molecule has 0 unspecified atom stereocenters. The Labute approximate surface area is 163 Å². The maximum absolute atomic E-state index is 11.6. The number of benzene rings is 1. The van der Waals surface area contributed by atoms with Crippen molar-refractivity contribution in [3.8, 4) is 5.75 Å². The number of hydrogen-bond acceptors (Lipinski definition) is 3. The fraction of sp³-hybridized carbons (Fsp3) is 0.619. The van der Waals surface area contributed by atoms with E-state index < -0.39 is 0 Å². The molecule has 0 aliphatic heterocycles. The van der Waals surface area contributed by atoms with Gasteiger partial charge in [-0.05, 0) is 50.3 Å². The summed E-state index contributed by atoms with van der Waals surface area (Å²) in [6.45, 7) is 6.91. The van der Waals surface area contributed by atoms with Crippen LogP contribution in [0, 0.1) is 0 Å². The quantitative estimate of drug-likeness (QED) is 0.299. The molecule has 0 radical (unpaired) electrons. The zero-order valence-electron chi connectivity index (χ0n) is 16.7. The summed E-state index contributed by atoms with van der Waals surface area (Å²) < 4.78 is 5.53. The lowest BCUT2D eigenvalue weighted by Crippen LogP contribution is -2.38. The van der Waals surface area contributed by atoms with Crippen LogP contribution in [0.4, 0.5) is 0 Å². The van der Waals surface area contributed by atoms with E-state index in [1.54, 1.807) is 0 Å². The summed E-state index contributed by atoms with van der Waals surface area (Å²) >= 11 is 0. The molecule has 1 saturated carbocycles. The summed E-state index contributed by atoms with van der Waals surface area (Å²) in [5.41, 5.74) is 1.22. The van der Waals surface area contributed by atoms with E-state index in [-0.39, 0.29) is 12.5 Å². The molecule has 3 N–H and O–H groups in total. The Kier molecular flexibility index (Phi) is 9.52. The number of nitrogens with zero attached hydrogens (tertiary/aromatic N) is 1. The van der Waals surface area contributed by atoms with Gasteiger partial charge in [-0.25, -0.2) is 0 Å². The topological polar surface area (TPSA) is 74.8 Å². The molecule has 1 amide bonds. The number of rotatable bonds is 12. The lowest BCUT2D eigenvalue weighted by Gasteiger charge is -2.11. The summed E-state index contributed by atoms with van der Waals surface area (Å²) in [5.74, 6) is 1.57. The van der Waals surface area contributed by atoms with Gasteiger partial charge < -0.3 is 20.7 Å². The number of guanidine groups is 1. The van der Waals surface area contributed by atoms with Gasteiger partial charge in [0.15, 0.2) is 12.6 Å². The Morgan fingerprint density at radius 3 is 2.59 bits per heavy atom. The van der Waals surface area contributed by atoms with Gasteiger partial charge in [0.1, 0.15) is 5.75 Å². The van der Waals surface area contributed by atoms with Gasteiger partial charge in [0, 0.05) is 25.7 Å². The summed E-state index contributed by atoms with van der Waals surface area (Å²) in [6.07, 6.45) is 6.65. The maximum atomic E-state index is 11.6. The van der Waals surface area contributed by atoms with E-state index in [4.69, 9.17) is 4.74 Å². The molecule has 0 saturated heterocycles. The standard InChI is InChI=1S/C21H34N4O2/c1-3-5-6-14-23-21(22-4-2)24-15-13-17-7-11-19(12-8-17)27-16-20(26)25-18-9-10-18/h7-8,11-12,18H,3-6,9-10,13-16H2,1-2H3,(H,25,26)(H2,22,23,24). The lowest BCUT2D eigenvalue weighted by atomic mass is 10.1. The molecule has 1 aliphatic rings. The first-order chi connectivity index (χ1) is 13.2. The minimum Gasteiger partial charge on any atom is -0.484 e. The highest BCUT2D eigenvalue weighted by molar-refractivity contribution is 5.79. The van der Waals surface area contributed by atoms with Crippen LogP contribution in [0.25, 0.3) is 0 Å². The van der Waals surface area contributed by atoms with Crippen LogP contribution in [0.3, 0.4) is 0 Å². The van der Waals surface area contributed by atoms with E-state index in [2.05, 4.69) is 34.8 Å². The minimum atomic E-state index is -0.0417. The zero-order valence-corrected chi connectivity index (χ0v) is 16.7. The number of carbonyl (C=O) groups excluding carboxylic acids is 1. The van der Waals surface area contributed by atoms with Crippen molar-refractivity contribution < 1.29 is 9.53 Å². The molecule has 6 heteroatoms. The van der Waals surface area contributed by atoms with Crippen LogP contribution < -0.4 is 20.7 Å². The number of carbonyl (C=O) groups is 1. The first-order valence-electron chi connectivity index (χ1n) is 10.2. The van der Waals surface area contributed by atoms with Crippen molar-refractivity contribution in [1.82, 2.24) is 16.0 Å². The molecule has 0 bridgehead atoms. The summed E-state index contributed by atoms with van der Waals surface area (Å²) in [6, 6.07) is 8.30. The number of aliphatic imine (C=N–C) groups is 1. The van der Waals surface area contributed by atoms with Gasteiger partial charge in [-0.2, -0.15) is 0 Å². The fourth-order valence-corrected chi connectivity index (χ4v) is 2.62. The average Bonchev–Trinajstić information content (AvgIpc) is 3.48. The first kappa shape index (κ1) is 21.1. The molecule has 1 aliphatic carbocycles. The molecule has 6 nitrogen and oxygen atoms in total. The van der Waals surface area contributed by atoms with E-state index >= 15 is 0 Å². The number of unbranched alkanes of at least 4 members (excludes halogenated alkanes) is 2. The van der Waals surface area contributed by atoms with E-state index in [0.29, 0.717) is 6.04 Å². The SMILES string of the molecule is CCCCCN=C(NCC)NCCc1ccc(OCC(=O)NC2CC2)cc1. The van der Waals surface area contributed by atoms with Gasteiger partial charge >= 0.3 is 0 Å². The third-order valence-corrected chi connectivity index (χ3v) is 4.32. The van der Waals surface area contributed by atoms with Crippen LogP contribution in [0.5, 0.6) is 5.75 Å². The second kappa shape index (κ2) is 12.2. The van der Waals surface area contributed by atoms with Gasteiger partial charge in [0.05, 0.1) is 0 Å². The molecule has 0 spiro atoms. The highest BCUT2D eigenvalue weighted by atomic mass is 16.5. The third kappa shape index (κ3) is 9.31. The molecule has 1 aromatic carbocycles. The van der Waals surface area contributed by atoms with Crippen molar-refractivity contribution in [3.63, 3.8) is 0 Å². The van der Waals surface area contributed by atoms with Crippen LogP contribution in [0.1, 0.15) is 51.5 Å². The molecule has 1 aromatic rings. The predicted octanol–water partition coefficient (Wildman–Crippen LogP) is 2.63. The van der Waals surface area contributed by atoms with Crippen molar-refractivity contribution in [3.05, 3.63) is 29.8 Å². The van der Waals surface area contributed by atoms with Crippen LogP contribution in [0.15, 0.2) is 29.3 Å². The lowest BCUT2D eigenvalue weighted by molar-refractivity contribution is -0.123. The minimum absolute atomic E-state index is 0.0417. The fourth-order valence-electron chi connectivity index (χ4n) is 2.62. The monoisotopic (exact) mass is 374 g/mol. The number of ether oxygens (including phenoxy) is 1. The number of nitrogens with one attached hydrogen (secondary N) is 3. The molecule has 0 aromatic heterocycles. The molecule has 2 rings (SSSR count). The highest BCUT2D eigenvalue weighted by Gasteiger charge is 2.23. The van der Waals surface area contributed by atoms with Crippen molar-refractivity contribution in [2.45, 2.75) is 58.4 Å². The van der Waals surface area contributed by atoms with Crippen LogP contribution in [-0.2, 0) is 11.2 Å². The molecule has 27 heavy (non-hydrogen) atoms. The maximum Gasteiger partial charge on any atom is 0.258 e. The third-order valence-electron chi connectivity index (χ3n) is 4.32. The summed E-state index contributed by atoms with van der Waals surface area (Å²) in [4.78, 5) is 16.2. The van der Waals surface area contributed by atoms with E-state index in [0.717, 1.165) is 57.0 Å². The predicted molar refractivity (Wildman–Crippen MR) is 110 cm³/mol. The van der Waals surface area contributed by atoms with Gasteiger partial charge in [-0.1, -0.05) is 31.9 Å². The Balaban J connectivity index is 1.67. The number of amides is 1. The highest BCUT2D eigenvalue weighted by Crippen LogP contribution is 2.18. The second-order valence-electron chi connectivity index (χ2n) is 6.92. The summed E-state index contributed by atoms with van der Waals surface area (Å²) in [5, 5.41) is 9.58. The molecule has 1 fully saturated rings. The van der Waals surface area contributed by atoms with E-state index in [9.17, 15) is 4.79 Å². The van der Waals surface area contributed by atoms with Crippen LogP contribution in [0.2, 0.25) is 0 Å². The van der Waals surface area contributed by atoms with Crippen molar-refractivity contribution in [1.29, 1.82) is 0 Å². The van der Waals surface area contributed by atoms with Gasteiger partial charge in [0.2, 0.25) is 0 Å². The van der Waals surface area contributed by atoms with E-state index in [1.165, 1.54) is 18.4 Å². The van der Waals surface area contributed by atoms with Crippen LogP contribution in [-0.4, -0.2) is 44.1 Å². The van der Waals surface area contributed by atoms with Gasteiger partial charge in [0.25, 0.3) is 5.91 Å². The average molecular weight is 375 g/mol. The van der Waals surface area contributed by atoms with E-state index in [1.807, 2.05) is 24.3 Å². The van der Waals surface area contributed by atoms with Crippen molar-refractivity contribution in [2.75, 3.05) is 26.2 Å². The molecule has 150 valence electrons. The Hall–Kier alpha value is -2.24. The van der Waals surface area contributed by atoms with Crippen molar-refractivity contribution in [2.24, 2.45) is 4.99 Å².